The lowest BCUT2D eigenvalue weighted by Gasteiger charge is -2.13. The van der Waals surface area contributed by atoms with Crippen molar-refractivity contribution in [2.45, 2.75) is 6.92 Å². The molecule has 3 aromatic carbocycles. The number of carbonyl (C=O) groups is 2. The maximum atomic E-state index is 13.1. The summed E-state index contributed by atoms with van der Waals surface area (Å²) in [6.45, 7) is 1.76. The molecule has 3 aromatic rings. The Bertz CT molecular complexity index is 1300. The normalized spacial score (nSPS) is 13.3. The molecule has 0 amide bonds. The maximum Gasteiger partial charge on any atom is 0.344 e. The van der Waals surface area contributed by atoms with E-state index in [4.69, 9.17) is 23.7 Å². The van der Waals surface area contributed by atoms with Crippen LogP contribution in [0.1, 0.15) is 31.8 Å². The van der Waals surface area contributed by atoms with Crippen LogP contribution in [0.4, 0.5) is 0 Å². The highest BCUT2D eigenvalue weighted by molar-refractivity contribution is 9.10. The number of hydrogen-bond acceptors (Lipinski definition) is 7. The first-order chi connectivity index (χ1) is 16.4. The fourth-order valence-electron chi connectivity index (χ4n) is 3.66. The van der Waals surface area contributed by atoms with Crippen LogP contribution in [-0.2, 0) is 0 Å². The van der Waals surface area contributed by atoms with Crippen LogP contribution >= 0.6 is 15.9 Å². The molecule has 0 aliphatic carbocycles. The van der Waals surface area contributed by atoms with Gasteiger partial charge in [0.1, 0.15) is 11.5 Å². The zero-order valence-electron chi connectivity index (χ0n) is 18.9. The molecule has 8 heteroatoms. The van der Waals surface area contributed by atoms with Crippen molar-refractivity contribution in [3.8, 4) is 28.7 Å². The van der Waals surface area contributed by atoms with Crippen LogP contribution in [0.3, 0.4) is 0 Å². The molecule has 0 bridgehead atoms. The van der Waals surface area contributed by atoms with Crippen LogP contribution in [0.15, 0.2) is 58.8 Å². The number of halogens is 1. The lowest BCUT2D eigenvalue weighted by molar-refractivity contribution is 0.0733. The van der Waals surface area contributed by atoms with E-state index in [1.807, 2.05) is 6.07 Å². The topological polar surface area (TPSA) is 80.3 Å². The van der Waals surface area contributed by atoms with Gasteiger partial charge in [0.15, 0.2) is 17.3 Å². The first-order valence-electron chi connectivity index (χ1n) is 10.2. The summed E-state index contributed by atoms with van der Waals surface area (Å²) in [5.74, 6) is 1.28. The molecule has 7 nitrogen and oxygen atoms in total. The average Bonchev–Trinajstić information content (AvgIpc) is 3.13. The molecule has 4 rings (SSSR count). The predicted molar refractivity (Wildman–Crippen MR) is 129 cm³/mol. The van der Waals surface area contributed by atoms with E-state index in [-0.39, 0.29) is 17.3 Å². The highest BCUT2D eigenvalue weighted by Crippen LogP contribution is 2.41. The highest BCUT2D eigenvalue weighted by atomic mass is 79.9. The monoisotopic (exact) mass is 524 g/mol. The Kier molecular flexibility index (Phi) is 6.61. The number of methoxy groups -OCH3 is 3. The van der Waals surface area contributed by atoms with Gasteiger partial charge < -0.3 is 23.7 Å². The molecule has 0 spiro atoms. The first-order valence-corrected chi connectivity index (χ1v) is 11.0. The number of carbonyl (C=O) groups excluding carboxylic acids is 2. The molecule has 0 unspecified atom stereocenters. The fourth-order valence-corrected chi connectivity index (χ4v) is 4.11. The molecule has 0 N–H and O–H groups in total. The van der Waals surface area contributed by atoms with Crippen LogP contribution in [0, 0.1) is 6.92 Å². The smallest absolute Gasteiger partial charge is 0.344 e. The number of aryl methyl sites for hydroxylation is 1. The summed E-state index contributed by atoms with van der Waals surface area (Å²) in [7, 11) is 4.55. The first kappa shape index (κ1) is 23.4. The van der Waals surface area contributed by atoms with Gasteiger partial charge in [-0.1, -0.05) is 12.1 Å². The molecule has 0 radical (unpaired) electrons. The van der Waals surface area contributed by atoms with Gasteiger partial charge in [-0.3, -0.25) is 4.79 Å². The molecule has 0 saturated carbocycles. The quantitative estimate of drug-likeness (QED) is 0.235. The molecule has 0 aromatic heterocycles. The maximum absolute atomic E-state index is 13.1. The molecule has 0 atom stereocenters. The Balaban J connectivity index is 1.65. The van der Waals surface area contributed by atoms with Crippen LogP contribution in [0.5, 0.6) is 28.7 Å². The van der Waals surface area contributed by atoms with E-state index in [0.29, 0.717) is 49.7 Å². The minimum Gasteiger partial charge on any atom is -0.493 e. The summed E-state index contributed by atoms with van der Waals surface area (Å²) >= 11 is 3.35. The van der Waals surface area contributed by atoms with Crippen LogP contribution in [0.25, 0.3) is 6.08 Å². The number of ketones is 1. The SMILES string of the molecule is COc1cc(/C=C2\Oc3cc(OC(=O)c4ccccc4Br)cc(C)c3C2=O)cc(OC)c1OC. The van der Waals surface area contributed by atoms with E-state index < -0.39 is 5.97 Å². The second kappa shape index (κ2) is 9.61. The number of esters is 1. The molecule has 34 heavy (non-hydrogen) atoms. The summed E-state index contributed by atoms with van der Waals surface area (Å²) in [5.41, 5.74) is 2.06. The number of rotatable bonds is 6. The van der Waals surface area contributed by atoms with Crippen LogP contribution in [0.2, 0.25) is 0 Å². The van der Waals surface area contributed by atoms with Gasteiger partial charge in [-0.25, -0.2) is 4.79 Å². The third-order valence-corrected chi connectivity index (χ3v) is 5.92. The van der Waals surface area contributed by atoms with Gasteiger partial charge in [-0.05, 0) is 70.4 Å². The van der Waals surface area contributed by atoms with Crippen molar-refractivity contribution < 1.29 is 33.3 Å². The summed E-state index contributed by atoms with van der Waals surface area (Å²) in [6, 6.07) is 13.6. The summed E-state index contributed by atoms with van der Waals surface area (Å²) in [4.78, 5) is 25.6. The minimum absolute atomic E-state index is 0.127. The Morgan fingerprint density at radius 2 is 1.65 bits per heavy atom. The number of fused-ring (bicyclic) bond motifs is 1. The molecule has 0 saturated heterocycles. The molecule has 1 aliphatic heterocycles. The summed E-state index contributed by atoms with van der Waals surface area (Å²) < 4.78 is 28.1. The van der Waals surface area contributed by atoms with Gasteiger partial charge in [0.25, 0.3) is 0 Å². The van der Waals surface area contributed by atoms with E-state index in [2.05, 4.69) is 15.9 Å². The Hall–Kier alpha value is -3.78. The average molecular weight is 525 g/mol. The Morgan fingerprint density at radius 3 is 2.26 bits per heavy atom. The van der Waals surface area contributed by atoms with Crippen LogP contribution in [-0.4, -0.2) is 33.1 Å². The second-order valence-electron chi connectivity index (χ2n) is 7.38. The predicted octanol–water partition coefficient (Wildman–Crippen LogP) is 5.62. The standard InChI is InChI=1S/C26H21BrO7/c1-14-9-16(33-26(29)17-7-5-6-8-18(17)27)13-19-23(14)24(28)20(34-19)10-15-11-21(30-2)25(32-4)22(12-15)31-3/h5-13H,1-4H3/b20-10-. The van der Waals surface area contributed by atoms with Crippen molar-refractivity contribution in [1.82, 2.24) is 0 Å². The van der Waals surface area contributed by atoms with Crippen molar-refractivity contribution in [2.24, 2.45) is 0 Å². The number of Topliss-reactive ketones (excluding diaryl/α,β-unsaturated/α-hetero) is 1. The van der Waals surface area contributed by atoms with Gasteiger partial charge in [-0.2, -0.15) is 0 Å². The van der Waals surface area contributed by atoms with E-state index in [0.717, 1.165) is 0 Å². The van der Waals surface area contributed by atoms with Gasteiger partial charge in [0, 0.05) is 10.5 Å². The molecule has 0 fully saturated rings. The van der Waals surface area contributed by atoms with E-state index >= 15 is 0 Å². The number of ether oxygens (including phenoxy) is 5. The third-order valence-electron chi connectivity index (χ3n) is 5.23. The van der Waals surface area contributed by atoms with Gasteiger partial charge in [-0.15, -0.1) is 0 Å². The van der Waals surface area contributed by atoms with Crippen molar-refractivity contribution in [1.29, 1.82) is 0 Å². The highest BCUT2D eigenvalue weighted by Gasteiger charge is 2.30. The largest absolute Gasteiger partial charge is 0.493 e. The molecule has 1 aliphatic rings. The van der Waals surface area contributed by atoms with E-state index in [1.54, 1.807) is 49.4 Å². The zero-order chi connectivity index (χ0) is 24.4. The van der Waals surface area contributed by atoms with Gasteiger partial charge >= 0.3 is 5.97 Å². The lowest BCUT2D eigenvalue weighted by Crippen LogP contribution is -2.09. The minimum atomic E-state index is -0.524. The lowest BCUT2D eigenvalue weighted by atomic mass is 10.0. The summed E-state index contributed by atoms with van der Waals surface area (Å²) in [6.07, 6.45) is 1.60. The van der Waals surface area contributed by atoms with Gasteiger partial charge in [0.2, 0.25) is 11.5 Å². The molecule has 174 valence electrons. The van der Waals surface area contributed by atoms with Crippen LogP contribution < -0.4 is 23.7 Å². The van der Waals surface area contributed by atoms with Crippen molar-refractivity contribution in [3.63, 3.8) is 0 Å². The van der Waals surface area contributed by atoms with Crippen molar-refractivity contribution in [3.05, 3.63) is 81.0 Å². The molecule has 1 heterocycles. The number of allylic oxidation sites excluding steroid dienone is 1. The zero-order valence-corrected chi connectivity index (χ0v) is 20.5. The Morgan fingerprint density at radius 1 is 0.971 bits per heavy atom. The van der Waals surface area contributed by atoms with E-state index in [9.17, 15) is 9.59 Å². The van der Waals surface area contributed by atoms with Crippen molar-refractivity contribution >= 4 is 33.8 Å². The molecular formula is C26H21BrO7. The fraction of sp³-hybridized carbons (Fsp3) is 0.154. The van der Waals surface area contributed by atoms with Crippen molar-refractivity contribution in [2.75, 3.05) is 21.3 Å². The number of hydrogen-bond donors (Lipinski definition) is 0. The van der Waals surface area contributed by atoms with E-state index in [1.165, 1.54) is 27.4 Å². The molecular weight excluding hydrogens is 504 g/mol. The summed E-state index contributed by atoms with van der Waals surface area (Å²) in [5, 5.41) is 0. The Labute approximate surface area is 205 Å². The second-order valence-corrected chi connectivity index (χ2v) is 8.24. The van der Waals surface area contributed by atoms with Gasteiger partial charge in [0.05, 0.1) is 32.5 Å². The number of benzene rings is 3. The third kappa shape index (κ3) is 4.36.